The quantitative estimate of drug-likeness (QED) is 0.374. The summed E-state index contributed by atoms with van der Waals surface area (Å²) in [6.07, 6.45) is 0.0695. The van der Waals surface area contributed by atoms with Gasteiger partial charge in [0.25, 0.3) is 5.56 Å². The molecule has 1 atom stereocenters. The van der Waals surface area contributed by atoms with Crippen LogP contribution in [0, 0.1) is 12.7 Å². The number of fused-ring (bicyclic) bond motifs is 7. The summed E-state index contributed by atoms with van der Waals surface area (Å²) in [7, 11) is 2.14. The number of cyclic esters (lactones) is 1. The van der Waals surface area contributed by atoms with E-state index in [1.165, 1.54) is 6.07 Å². The first-order valence-corrected chi connectivity index (χ1v) is 14.3. The number of halogens is 1. The van der Waals surface area contributed by atoms with E-state index in [0.29, 0.717) is 36.6 Å². The summed E-state index contributed by atoms with van der Waals surface area (Å²) in [5.74, 6) is -0.977. The number of nitrogens with zero attached hydrogens (tertiary/aromatic N) is 5. The van der Waals surface area contributed by atoms with E-state index in [1.54, 1.807) is 17.6 Å². The number of benzene rings is 1. The maximum atomic E-state index is 15.5. The molecule has 7 rings (SSSR count). The molecule has 0 radical (unpaired) electrons. The van der Waals surface area contributed by atoms with Crippen LogP contribution in [0.5, 0.6) is 5.75 Å². The predicted octanol–water partition coefficient (Wildman–Crippen LogP) is 1.97. The number of ether oxygens (including phenoxy) is 2. The Hall–Kier alpha value is -3.54. The van der Waals surface area contributed by atoms with Gasteiger partial charge in [0, 0.05) is 61.8 Å². The summed E-state index contributed by atoms with van der Waals surface area (Å²) in [6, 6.07) is 3.09. The first kappa shape index (κ1) is 26.4. The zero-order valence-corrected chi connectivity index (χ0v) is 23.6. The van der Waals surface area contributed by atoms with Gasteiger partial charge in [-0.15, -0.1) is 0 Å². The number of pyridine rings is 2. The maximum absolute atomic E-state index is 15.5. The van der Waals surface area contributed by atoms with Crippen LogP contribution in [0.4, 0.5) is 10.1 Å². The third-order valence-corrected chi connectivity index (χ3v) is 9.34. The first-order chi connectivity index (χ1) is 19.7. The summed E-state index contributed by atoms with van der Waals surface area (Å²) in [5.41, 5.74) is 2.38. The van der Waals surface area contributed by atoms with Crippen LogP contribution in [0.2, 0.25) is 0 Å². The van der Waals surface area contributed by atoms with Gasteiger partial charge in [-0.05, 0) is 32.0 Å². The molecular formula is C30H34FN5O5. The predicted molar refractivity (Wildman–Crippen MR) is 151 cm³/mol. The Bertz CT molecular complexity index is 1660. The van der Waals surface area contributed by atoms with Crippen LogP contribution < -0.4 is 15.2 Å². The Kier molecular flexibility index (Phi) is 6.11. The van der Waals surface area contributed by atoms with Gasteiger partial charge in [0.1, 0.15) is 13.2 Å². The van der Waals surface area contributed by atoms with Crippen molar-refractivity contribution < 1.29 is 23.8 Å². The number of aryl methyl sites for hydroxylation is 1. The van der Waals surface area contributed by atoms with E-state index in [0.717, 1.165) is 61.5 Å². The number of hydrogen-bond acceptors (Lipinski definition) is 9. The molecule has 1 aromatic carbocycles. The normalized spacial score (nSPS) is 22.2. The first-order valence-electron chi connectivity index (χ1n) is 14.3. The van der Waals surface area contributed by atoms with Gasteiger partial charge < -0.3 is 28.9 Å². The summed E-state index contributed by atoms with van der Waals surface area (Å²) in [4.78, 5) is 38.0. The van der Waals surface area contributed by atoms with Gasteiger partial charge in [0.2, 0.25) is 0 Å². The number of rotatable bonds is 4. The second-order valence-electron chi connectivity index (χ2n) is 11.6. The van der Waals surface area contributed by atoms with E-state index >= 15 is 4.39 Å². The maximum Gasteiger partial charge on any atom is 0.343 e. The standard InChI is InChI=1S/C30H34FN5O5/c1-4-30(39)20-13-23-25-18(15-36(23)28(37)19(20)16-41-29(30)38)17(2)24-22(32-25)14-21(31)27-26(24)35(11-12-40-27)10-9-34-7-5-33(3)6-8-34/h13-14,39H,4-12,15-16H2,1-3H3/t30-/m0/s1. The number of hydrogen-bond donors (Lipinski definition) is 1. The molecule has 3 aromatic rings. The molecule has 1 N–H and O–H groups in total. The summed E-state index contributed by atoms with van der Waals surface area (Å²) in [6.45, 7) is 10.5. The largest absolute Gasteiger partial charge is 0.486 e. The molecule has 0 spiro atoms. The lowest BCUT2D eigenvalue weighted by molar-refractivity contribution is -0.172. The molecule has 0 amide bonds. The van der Waals surface area contributed by atoms with Crippen molar-refractivity contribution in [1.29, 1.82) is 0 Å². The van der Waals surface area contributed by atoms with E-state index in [1.807, 2.05) is 6.92 Å². The fourth-order valence-corrected chi connectivity index (χ4v) is 6.76. The summed E-state index contributed by atoms with van der Waals surface area (Å²) >= 11 is 0. The van der Waals surface area contributed by atoms with Crippen molar-refractivity contribution in [3.8, 4) is 17.1 Å². The molecule has 216 valence electrons. The fraction of sp³-hybridized carbons (Fsp3) is 0.500. The van der Waals surface area contributed by atoms with Crippen LogP contribution in [-0.2, 0) is 28.3 Å². The Morgan fingerprint density at radius 2 is 1.85 bits per heavy atom. The summed E-state index contributed by atoms with van der Waals surface area (Å²) < 4.78 is 28.2. The lowest BCUT2D eigenvalue weighted by atomic mass is 9.86. The molecule has 10 nitrogen and oxygen atoms in total. The van der Waals surface area contributed by atoms with Crippen LogP contribution in [-0.4, -0.2) is 89.9 Å². The van der Waals surface area contributed by atoms with Crippen LogP contribution >= 0.6 is 0 Å². The minimum atomic E-state index is -1.90. The zero-order valence-electron chi connectivity index (χ0n) is 23.6. The summed E-state index contributed by atoms with van der Waals surface area (Å²) in [5, 5.41) is 12.0. The highest BCUT2D eigenvalue weighted by atomic mass is 19.1. The lowest BCUT2D eigenvalue weighted by Crippen LogP contribution is -2.47. The fourth-order valence-electron chi connectivity index (χ4n) is 6.76. The molecule has 0 unspecified atom stereocenters. The average molecular weight is 564 g/mol. The third-order valence-electron chi connectivity index (χ3n) is 9.34. The Labute approximate surface area is 236 Å². The van der Waals surface area contributed by atoms with Crippen LogP contribution in [0.1, 0.15) is 35.6 Å². The highest BCUT2D eigenvalue weighted by Gasteiger charge is 2.45. The molecule has 4 aliphatic heterocycles. The second kappa shape index (κ2) is 9.50. The van der Waals surface area contributed by atoms with E-state index in [-0.39, 0.29) is 35.5 Å². The van der Waals surface area contributed by atoms with Crippen LogP contribution in [0.15, 0.2) is 16.9 Å². The molecule has 41 heavy (non-hydrogen) atoms. The highest BCUT2D eigenvalue weighted by Crippen LogP contribution is 2.46. The molecule has 11 heteroatoms. The molecule has 1 saturated heterocycles. The smallest absolute Gasteiger partial charge is 0.343 e. The SMILES string of the molecule is CC[C@@]1(O)C(=O)OCc2c1cc1n(c2=O)Cc2c-1nc1cc(F)c3c(c1c2C)N(CCN1CCN(C)CC1)CCO3. The van der Waals surface area contributed by atoms with E-state index < -0.39 is 17.4 Å². The Morgan fingerprint density at radius 3 is 2.61 bits per heavy atom. The molecule has 6 heterocycles. The number of likely N-dealkylation sites (N-methyl/N-ethyl adjacent to an activating group) is 1. The molecule has 4 aliphatic rings. The zero-order chi connectivity index (χ0) is 28.6. The number of aliphatic hydroxyl groups is 1. The molecule has 0 bridgehead atoms. The van der Waals surface area contributed by atoms with Gasteiger partial charge in [-0.3, -0.25) is 9.69 Å². The second-order valence-corrected chi connectivity index (χ2v) is 11.6. The van der Waals surface area contributed by atoms with E-state index in [4.69, 9.17) is 14.5 Å². The van der Waals surface area contributed by atoms with Crippen molar-refractivity contribution in [2.45, 2.75) is 39.0 Å². The van der Waals surface area contributed by atoms with Gasteiger partial charge in [-0.25, -0.2) is 14.2 Å². The Morgan fingerprint density at radius 1 is 1.07 bits per heavy atom. The lowest BCUT2D eigenvalue weighted by Gasteiger charge is -2.37. The third kappa shape index (κ3) is 3.89. The van der Waals surface area contributed by atoms with Crippen molar-refractivity contribution in [1.82, 2.24) is 19.4 Å². The van der Waals surface area contributed by atoms with Gasteiger partial charge in [0.15, 0.2) is 17.2 Å². The van der Waals surface area contributed by atoms with Crippen LogP contribution in [0.25, 0.3) is 22.3 Å². The topological polar surface area (TPSA) is 100 Å². The number of esters is 1. The minimum absolute atomic E-state index is 0.0695. The average Bonchev–Trinajstić information content (AvgIpc) is 3.34. The van der Waals surface area contributed by atoms with Gasteiger partial charge >= 0.3 is 5.97 Å². The highest BCUT2D eigenvalue weighted by molar-refractivity contribution is 6.01. The van der Waals surface area contributed by atoms with Crippen molar-refractivity contribution >= 4 is 22.6 Å². The van der Waals surface area contributed by atoms with E-state index in [2.05, 4.69) is 21.7 Å². The van der Waals surface area contributed by atoms with Gasteiger partial charge in [-0.2, -0.15) is 0 Å². The van der Waals surface area contributed by atoms with Crippen molar-refractivity contribution in [3.63, 3.8) is 0 Å². The molecular weight excluding hydrogens is 529 g/mol. The van der Waals surface area contributed by atoms with E-state index in [9.17, 15) is 14.7 Å². The Balaban J connectivity index is 1.34. The molecule has 0 aliphatic carbocycles. The number of carbonyl (C=O) groups excluding carboxylic acids is 1. The van der Waals surface area contributed by atoms with Gasteiger partial charge in [-0.1, -0.05) is 6.92 Å². The number of aromatic nitrogens is 2. The van der Waals surface area contributed by atoms with Gasteiger partial charge in [0.05, 0.1) is 41.2 Å². The monoisotopic (exact) mass is 563 g/mol. The van der Waals surface area contributed by atoms with Crippen molar-refractivity contribution in [2.75, 3.05) is 64.4 Å². The van der Waals surface area contributed by atoms with Crippen molar-refractivity contribution in [2.24, 2.45) is 0 Å². The molecule has 1 fully saturated rings. The molecule has 0 saturated carbocycles. The number of anilines is 1. The van der Waals surface area contributed by atoms with Crippen molar-refractivity contribution in [3.05, 3.63) is 50.6 Å². The molecule has 2 aromatic heterocycles. The minimum Gasteiger partial charge on any atom is -0.486 e. The number of piperazine rings is 1. The number of carbonyl (C=O) groups is 1. The van der Waals surface area contributed by atoms with Crippen LogP contribution in [0.3, 0.4) is 0 Å².